The number of alkyl halides is 2. The van der Waals surface area contributed by atoms with Gasteiger partial charge in [-0.2, -0.15) is 0 Å². The number of halogens is 6. The quantitative estimate of drug-likeness (QED) is 0.114. The van der Waals surface area contributed by atoms with E-state index in [2.05, 4.69) is 10.6 Å². The molecule has 4 rings (SSSR count). The molecule has 0 fully saturated rings. The molecule has 2 aliphatic carbocycles. The Morgan fingerprint density at radius 3 is 1.33 bits per heavy atom. The van der Waals surface area contributed by atoms with Gasteiger partial charge in [-0.15, -0.1) is 0 Å². The molecule has 2 aromatic rings. The van der Waals surface area contributed by atoms with Crippen LogP contribution >= 0.6 is 23.2 Å². The van der Waals surface area contributed by atoms with Crippen LogP contribution in [0.3, 0.4) is 0 Å². The summed E-state index contributed by atoms with van der Waals surface area (Å²) in [6, 6.07) is 4.29. The number of benzene rings is 2. The average molecular weight is 784 g/mol. The first kappa shape index (κ1) is 41.1. The molecule has 0 radical (unpaired) electrons. The van der Waals surface area contributed by atoms with Gasteiger partial charge in [0.1, 0.15) is 0 Å². The summed E-state index contributed by atoms with van der Waals surface area (Å²) < 4.78 is 67.6. The van der Waals surface area contributed by atoms with E-state index in [9.17, 15) is 9.59 Å². The second kappa shape index (κ2) is 16.2. The van der Waals surface area contributed by atoms with E-state index in [4.69, 9.17) is 23.2 Å². The summed E-state index contributed by atoms with van der Waals surface area (Å²) in [6.07, 6.45) is 11.8. The number of nitrogens with one attached hydrogen (secondary N) is 2. The van der Waals surface area contributed by atoms with Crippen LogP contribution in [0.15, 0.2) is 68.5 Å². The van der Waals surface area contributed by atoms with Crippen LogP contribution in [-0.2, 0) is 26.2 Å². The topological polar surface area (TPSA) is 58.2 Å². The van der Waals surface area contributed by atoms with Crippen molar-refractivity contribution < 1.29 is 43.7 Å². The zero-order valence-corrected chi connectivity index (χ0v) is 33.6. The molecule has 2 N–H and O–H groups in total. The number of carbonyl (C=O) groups is 2. The molecule has 2 atom stereocenters. The molecule has 276 valence electrons. The van der Waals surface area contributed by atoms with E-state index in [1.807, 2.05) is 27.7 Å². The molecule has 4 nitrogen and oxygen atoms in total. The molecular formula is C40H48Cl2F4N2O2Ti. The molecule has 0 heterocycles. The molecule has 2 aliphatic rings. The molecule has 0 spiro atoms. The number of carbonyl (C=O) groups excluding carboxylic acids is 2. The molecule has 2 amide bonds. The van der Waals surface area contributed by atoms with Crippen molar-refractivity contribution in [3.05, 3.63) is 91.7 Å². The third-order valence-electron chi connectivity index (χ3n) is 10.0. The number of anilines is 2. The predicted molar refractivity (Wildman–Crippen MR) is 199 cm³/mol. The first-order valence-electron chi connectivity index (χ1n) is 17.4. The molecule has 51 heavy (non-hydrogen) atoms. The Bertz CT molecular complexity index is 1670. The fourth-order valence-electron chi connectivity index (χ4n) is 6.68. The van der Waals surface area contributed by atoms with Gasteiger partial charge in [0.25, 0.3) is 0 Å². The predicted octanol–water partition coefficient (Wildman–Crippen LogP) is 10.3. The van der Waals surface area contributed by atoms with Crippen LogP contribution in [0.2, 0.25) is 0 Å². The van der Waals surface area contributed by atoms with Gasteiger partial charge >= 0.3 is 315 Å². The summed E-state index contributed by atoms with van der Waals surface area (Å²) in [7, 11) is 0. The van der Waals surface area contributed by atoms with Crippen molar-refractivity contribution in [3.8, 4) is 0 Å². The van der Waals surface area contributed by atoms with Crippen LogP contribution < -0.4 is 18.4 Å². The fourth-order valence-corrected chi connectivity index (χ4v) is 15.9. The van der Waals surface area contributed by atoms with Crippen molar-refractivity contribution in [2.75, 3.05) is 10.6 Å². The van der Waals surface area contributed by atoms with Crippen molar-refractivity contribution in [1.82, 2.24) is 0 Å². The molecule has 2 unspecified atom stereocenters. The van der Waals surface area contributed by atoms with Crippen molar-refractivity contribution in [1.29, 1.82) is 0 Å². The van der Waals surface area contributed by atoms with E-state index in [1.165, 1.54) is 0 Å². The van der Waals surface area contributed by atoms with Gasteiger partial charge in [-0.25, -0.2) is 0 Å². The van der Waals surface area contributed by atoms with Crippen molar-refractivity contribution >= 4 is 54.1 Å². The number of hydrogen-bond acceptors (Lipinski definition) is 2. The third kappa shape index (κ3) is 8.15. The van der Waals surface area contributed by atoms with E-state index in [0.29, 0.717) is 20.6 Å². The van der Waals surface area contributed by atoms with Gasteiger partial charge < -0.3 is 0 Å². The summed E-state index contributed by atoms with van der Waals surface area (Å²) in [5, 5.41) is 4.06. The van der Waals surface area contributed by atoms with Gasteiger partial charge in [-0.1, -0.05) is 0 Å². The SMILES string of the molecule is CC(C)CC(Cl)C(C)(C)C(=O)Nc1ccc(F)[c]([Ti]([C]2=CC=CC2)([C]2=CC=CC2)[c]2c(F)ccc(NC(=O)C(C)(C)C(Cl)CC(C)C)c2F)c1F. The number of rotatable bonds is 14. The van der Waals surface area contributed by atoms with Crippen molar-refractivity contribution in [2.45, 2.75) is 91.8 Å². The zero-order chi connectivity index (χ0) is 38.1. The van der Waals surface area contributed by atoms with Gasteiger partial charge in [-0.3, -0.25) is 0 Å². The average Bonchev–Trinajstić information content (AvgIpc) is 3.78. The van der Waals surface area contributed by atoms with E-state index in [-0.39, 0.29) is 36.1 Å². The Kier molecular flexibility index (Phi) is 13.0. The fraction of sp³-hybridized carbons (Fsp3) is 0.450. The molecule has 0 saturated carbocycles. The second-order valence-corrected chi connectivity index (χ2v) is 22.5. The first-order valence-corrected chi connectivity index (χ1v) is 21.4. The normalized spacial score (nSPS) is 16.1. The van der Waals surface area contributed by atoms with Gasteiger partial charge in [-0.05, 0) is 0 Å². The van der Waals surface area contributed by atoms with Gasteiger partial charge in [0.05, 0.1) is 0 Å². The third-order valence-corrected chi connectivity index (χ3v) is 19.4. The van der Waals surface area contributed by atoms with E-state index in [1.54, 1.807) is 64.2 Å². The number of amides is 2. The summed E-state index contributed by atoms with van der Waals surface area (Å²) in [5.41, 5.74) is -2.93. The van der Waals surface area contributed by atoms with E-state index < -0.39 is 81.0 Å². The van der Waals surface area contributed by atoms with E-state index >= 15 is 17.6 Å². The van der Waals surface area contributed by atoms with Crippen LogP contribution in [0.4, 0.5) is 28.9 Å². The minimum absolute atomic E-state index is 0.192. The molecule has 2 aromatic carbocycles. The van der Waals surface area contributed by atoms with Crippen LogP contribution in [0.1, 0.15) is 81.1 Å². The first-order chi connectivity index (χ1) is 23.8. The Labute approximate surface area is 313 Å². The molecule has 0 aliphatic heterocycles. The Hall–Kier alpha value is -2.65. The second-order valence-electron chi connectivity index (χ2n) is 15.5. The van der Waals surface area contributed by atoms with Crippen molar-refractivity contribution in [2.24, 2.45) is 22.7 Å². The summed E-state index contributed by atoms with van der Waals surface area (Å²) in [5.74, 6) is -4.98. The Morgan fingerprint density at radius 1 is 0.686 bits per heavy atom. The standard InChI is InChI=1S/2C15H19ClF2NO.2C5H5.Ti/c2*1-9(2)7-13(16)15(3,4)14(20)19-12-6-5-10(17)8-11(12)18;2*1-2-4-5-3-1;/h2*5-6,9,13H,7H2,1-4H3,(H,19,20);2*1-3H,4H2;. The summed E-state index contributed by atoms with van der Waals surface area (Å²) in [4.78, 5) is 27.3. The number of hydrogen-bond donors (Lipinski definition) is 2. The molecule has 11 heteroatoms. The molecule has 0 aromatic heterocycles. The van der Waals surface area contributed by atoms with Gasteiger partial charge in [0, 0.05) is 0 Å². The van der Waals surface area contributed by atoms with Crippen LogP contribution in [-0.4, -0.2) is 22.6 Å². The molecule has 0 saturated heterocycles. The van der Waals surface area contributed by atoms with Crippen LogP contribution in [0, 0.1) is 45.9 Å². The maximum absolute atomic E-state index is 17.2. The monoisotopic (exact) mass is 782 g/mol. The van der Waals surface area contributed by atoms with Crippen molar-refractivity contribution in [3.63, 3.8) is 0 Å². The van der Waals surface area contributed by atoms with E-state index in [0.717, 1.165) is 24.3 Å². The number of allylic oxidation sites excluding steroid dienone is 8. The Morgan fingerprint density at radius 2 is 1.04 bits per heavy atom. The summed E-state index contributed by atoms with van der Waals surface area (Å²) >= 11 is 8.03. The van der Waals surface area contributed by atoms with Gasteiger partial charge in [0.15, 0.2) is 0 Å². The minimum atomic E-state index is -5.26. The van der Waals surface area contributed by atoms with Gasteiger partial charge in [0.2, 0.25) is 0 Å². The molecular weight excluding hydrogens is 735 g/mol. The van der Waals surface area contributed by atoms with Crippen LogP contribution in [0.5, 0.6) is 0 Å². The Balaban J connectivity index is 1.96. The molecule has 0 bridgehead atoms. The maximum atomic E-state index is 17.2. The zero-order valence-electron chi connectivity index (χ0n) is 30.5. The summed E-state index contributed by atoms with van der Waals surface area (Å²) in [6.45, 7) is 14.5. The van der Waals surface area contributed by atoms with Crippen LogP contribution in [0.25, 0.3) is 0 Å².